The standard InChI is InChI=1S/C16H26ClN/c1-4-9-13(10-5-2)16(18-6-3)14-11-7-8-12-15(14)17/h7-8,11-13,16,18H,4-6,9-10H2,1-3H3. The van der Waals surface area contributed by atoms with Crippen LogP contribution in [0.15, 0.2) is 24.3 Å². The molecule has 0 aromatic heterocycles. The molecule has 0 saturated heterocycles. The molecule has 1 atom stereocenters. The van der Waals surface area contributed by atoms with Crippen LogP contribution in [-0.2, 0) is 0 Å². The first-order valence-electron chi connectivity index (χ1n) is 7.22. The first-order chi connectivity index (χ1) is 8.74. The molecule has 0 amide bonds. The van der Waals surface area contributed by atoms with Crippen LogP contribution in [0.4, 0.5) is 0 Å². The minimum absolute atomic E-state index is 0.392. The monoisotopic (exact) mass is 267 g/mol. The second-order valence-corrected chi connectivity index (χ2v) is 5.30. The summed E-state index contributed by atoms with van der Waals surface area (Å²) in [4.78, 5) is 0. The van der Waals surface area contributed by atoms with Crippen LogP contribution in [0, 0.1) is 5.92 Å². The average molecular weight is 268 g/mol. The van der Waals surface area contributed by atoms with Gasteiger partial charge in [-0.05, 0) is 36.9 Å². The number of halogens is 1. The van der Waals surface area contributed by atoms with E-state index in [1.807, 2.05) is 12.1 Å². The zero-order chi connectivity index (χ0) is 13.4. The fourth-order valence-electron chi connectivity index (χ4n) is 2.70. The first-order valence-corrected chi connectivity index (χ1v) is 7.60. The summed E-state index contributed by atoms with van der Waals surface area (Å²) in [6.45, 7) is 7.68. The van der Waals surface area contributed by atoms with Crippen LogP contribution in [-0.4, -0.2) is 6.54 Å². The van der Waals surface area contributed by atoms with E-state index in [1.165, 1.54) is 31.2 Å². The Labute approximate surface area is 117 Å². The fourth-order valence-corrected chi connectivity index (χ4v) is 2.95. The van der Waals surface area contributed by atoms with E-state index in [0.717, 1.165) is 11.6 Å². The molecule has 102 valence electrons. The number of hydrogen-bond donors (Lipinski definition) is 1. The summed E-state index contributed by atoms with van der Waals surface area (Å²) < 4.78 is 0. The fraction of sp³-hybridized carbons (Fsp3) is 0.625. The summed E-state index contributed by atoms with van der Waals surface area (Å²) in [5, 5.41) is 4.51. The van der Waals surface area contributed by atoms with Crippen molar-refractivity contribution in [1.82, 2.24) is 5.32 Å². The second kappa shape index (κ2) is 8.55. The molecule has 2 heteroatoms. The van der Waals surface area contributed by atoms with Gasteiger partial charge in [-0.3, -0.25) is 0 Å². The van der Waals surface area contributed by atoms with Crippen molar-refractivity contribution in [2.75, 3.05) is 6.54 Å². The predicted octanol–water partition coefficient (Wildman–Crippen LogP) is 5.21. The number of nitrogens with one attached hydrogen (secondary N) is 1. The van der Waals surface area contributed by atoms with E-state index in [4.69, 9.17) is 11.6 Å². The van der Waals surface area contributed by atoms with Gasteiger partial charge in [0.1, 0.15) is 0 Å². The van der Waals surface area contributed by atoms with Gasteiger partial charge >= 0.3 is 0 Å². The third-order valence-electron chi connectivity index (χ3n) is 3.45. The third-order valence-corrected chi connectivity index (χ3v) is 3.80. The molecular formula is C16H26ClN. The normalized spacial score (nSPS) is 12.9. The summed E-state index contributed by atoms with van der Waals surface area (Å²) in [6, 6.07) is 8.64. The van der Waals surface area contributed by atoms with E-state index in [2.05, 4.69) is 38.2 Å². The number of benzene rings is 1. The summed E-state index contributed by atoms with van der Waals surface area (Å²) in [5.41, 5.74) is 1.26. The van der Waals surface area contributed by atoms with Crippen molar-refractivity contribution in [3.8, 4) is 0 Å². The molecule has 1 rings (SSSR count). The van der Waals surface area contributed by atoms with Crippen molar-refractivity contribution in [2.24, 2.45) is 5.92 Å². The quantitative estimate of drug-likeness (QED) is 0.682. The lowest BCUT2D eigenvalue weighted by atomic mass is 9.86. The van der Waals surface area contributed by atoms with E-state index in [0.29, 0.717) is 12.0 Å². The van der Waals surface area contributed by atoms with Crippen molar-refractivity contribution in [3.05, 3.63) is 34.9 Å². The van der Waals surface area contributed by atoms with Crippen LogP contribution in [0.5, 0.6) is 0 Å². The molecule has 0 bridgehead atoms. The van der Waals surface area contributed by atoms with E-state index in [9.17, 15) is 0 Å². The molecule has 1 nitrogen and oxygen atoms in total. The maximum Gasteiger partial charge on any atom is 0.0453 e. The van der Waals surface area contributed by atoms with Gasteiger partial charge in [0, 0.05) is 11.1 Å². The lowest BCUT2D eigenvalue weighted by molar-refractivity contribution is 0.320. The largest absolute Gasteiger partial charge is 0.310 e. The summed E-state index contributed by atoms with van der Waals surface area (Å²) in [7, 11) is 0. The minimum atomic E-state index is 0.392. The van der Waals surface area contributed by atoms with Gasteiger partial charge in [-0.25, -0.2) is 0 Å². The Balaban J connectivity index is 2.95. The van der Waals surface area contributed by atoms with Gasteiger partial charge in [0.05, 0.1) is 0 Å². The Hall–Kier alpha value is -0.530. The molecule has 0 spiro atoms. The molecule has 1 N–H and O–H groups in total. The lowest BCUT2D eigenvalue weighted by Gasteiger charge is -2.28. The molecule has 0 radical (unpaired) electrons. The Morgan fingerprint density at radius 2 is 1.67 bits per heavy atom. The van der Waals surface area contributed by atoms with Crippen LogP contribution >= 0.6 is 11.6 Å². The van der Waals surface area contributed by atoms with E-state index in [-0.39, 0.29) is 0 Å². The Morgan fingerprint density at radius 3 is 2.17 bits per heavy atom. The Bertz CT molecular complexity index is 332. The van der Waals surface area contributed by atoms with Crippen LogP contribution in [0.3, 0.4) is 0 Å². The van der Waals surface area contributed by atoms with Gasteiger partial charge < -0.3 is 5.32 Å². The van der Waals surface area contributed by atoms with Gasteiger partial charge in [0.2, 0.25) is 0 Å². The Morgan fingerprint density at radius 1 is 1.06 bits per heavy atom. The average Bonchev–Trinajstić information content (AvgIpc) is 2.37. The van der Waals surface area contributed by atoms with Gasteiger partial charge in [0.25, 0.3) is 0 Å². The molecule has 0 aliphatic heterocycles. The SMILES string of the molecule is CCCC(CCC)C(NCC)c1ccccc1Cl. The highest BCUT2D eigenvalue weighted by molar-refractivity contribution is 6.31. The van der Waals surface area contributed by atoms with Gasteiger partial charge in [-0.1, -0.05) is 63.4 Å². The van der Waals surface area contributed by atoms with Gasteiger partial charge in [0.15, 0.2) is 0 Å². The maximum absolute atomic E-state index is 6.36. The number of rotatable bonds is 8. The molecule has 1 aromatic rings. The Kier molecular flexibility index (Phi) is 7.38. The second-order valence-electron chi connectivity index (χ2n) is 4.89. The highest BCUT2D eigenvalue weighted by Crippen LogP contribution is 2.33. The van der Waals surface area contributed by atoms with Crippen LogP contribution in [0.25, 0.3) is 0 Å². The van der Waals surface area contributed by atoms with Gasteiger partial charge in [-0.2, -0.15) is 0 Å². The first kappa shape index (κ1) is 15.5. The van der Waals surface area contributed by atoms with Crippen molar-refractivity contribution >= 4 is 11.6 Å². The van der Waals surface area contributed by atoms with E-state index >= 15 is 0 Å². The third kappa shape index (κ3) is 4.29. The summed E-state index contributed by atoms with van der Waals surface area (Å²) >= 11 is 6.36. The van der Waals surface area contributed by atoms with Crippen molar-refractivity contribution in [2.45, 2.75) is 52.5 Å². The van der Waals surface area contributed by atoms with Crippen molar-refractivity contribution in [3.63, 3.8) is 0 Å². The van der Waals surface area contributed by atoms with E-state index < -0.39 is 0 Å². The molecule has 1 aromatic carbocycles. The summed E-state index contributed by atoms with van der Waals surface area (Å²) in [6.07, 6.45) is 4.99. The minimum Gasteiger partial charge on any atom is -0.310 e. The molecular weight excluding hydrogens is 242 g/mol. The molecule has 0 saturated carbocycles. The highest BCUT2D eigenvalue weighted by atomic mass is 35.5. The molecule has 0 heterocycles. The molecule has 0 aliphatic rings. The smallest absolute Gasteiger partial charge is 0.0453 e. The van der Waals surface area contributed by atoms with Crippen LogP contribution in [0.1, 0.15) is 58.1 Å². The maximum atomic E-state index is 6.36. The van der Waals surface area contributed by atoms with Crippen LogP contribution in [0.2, 0.25) is 5.02 Å². The lowest BCUT2D eigenvalue weighted by Crippen LogP contribution is -2.28. The van der Waals surface area contributed by atoms with Gasteiger partial charge in [-0.15, -0.1) is 0 Å². The van der Waals surface area contributed by atoms with Crippen molar-refractivity contribution in [1.29, 1.82) is 0 Å². The topological polar surface area (TPSA) is 12.0 Å². The molecule has 18 heavy (non-hydrogen) atoms. The highest BCUT2D eigenvalue weighted by Gasteiger charge is 2.22. The predicted molar refractivity (Wildman–Crippen MR) is 81.2 cm³/mol. The molecule has 1 unspecified atom stereocenters. The number of hydrogen-bond acceptors (Lipinski definition) is 1. The van der Waals surface area contributed by atoms with Crippen molar-refractivity contribution < 1.29 is 0 Å². The molecule has 0 fully saturated rings. The molecule has 0 aliphatic carbocycles. The zero-order valence-electron chi connectivity index (χ0n) is 11.9. The van der Waals surface area contributed by atoms with E-state index in [1.54, 1.807) is 0 Å². The summed E-state index contributed by atoms with van der Waals surface area (Å²) in [5.74, 6) is 0.680. The zero-order valence-corrected chi connectivity index (χ0v) is 12.6. The van der Waals surface area contributed by atoms with Crippen LogP contribution < -0.4 is 5.32 Å².